The summed E-state index contributed by atoms with van der Waals surface area (Å²) in [5.41, 5.74) is 2.63. The van der Waals surface area contributed by atoms with E-state index in [1.54, 1.807) is 24.8 Å². The lowest BCUT2D eigenvalue weighted by molar-refractivity contribution is 0.141. The molecule has 1 saturated heterocycles. The van der Waals surface area contributed by atoms with Gasteiger partial charge in [0.1, 0.15) is 11.3 Å². The van der Waals surface area contributed by atoms with Crippen molar-refractivity contribution in [2.75, 3.05) is 23.3 Å². The van der Waals surface area contributed by atoms with Gasteiger partial charge in [0, 0.05) is 55.7 Å². The summed E-state index contributed by atoms with van der Waals surface area (Å²) in [7, 11) is 0. The molecule has 2 aliphatic rings. The molecule has 1 aliphatic carbocycles. The molecule has 8 heteroatoms. The summed E-state index contributed by atoms with van der Waals surface area (Å²) in [4.78, 5) is 19.6. The van der Waals surface area contributed by atoms with E-state index < -0.39 is 0 Å². The number of benzene rings is 1. The Hall–Kier alpha value is -3.00. The van der Waals surface area contributed by atoms with Gasteiger partial charge in [0.2, 0.25) is 5.95 Å². The highest BCUT2D eigenvalue weighted by molar-refractivity contribution is 5.85. The highest BCUT2D eigenvalue weighted by Crippen LogP contribution is 2.34. The molecule has 0 spiro atoms. The molecule has 2 aromatic heterocycles. The fourth-order valence-electron chi connectivity index (χ4n) is 4.03. The number of rotatable bonds is 5. The fourth-order valence-corrected chi connectivity index (χ4v) is 4.03. The smallest absolute Gasteiger partial charge is 0.222 e. The van der Waals surface area contributed by atoms with Crippen molar-refractivity contribution >= 4 is 22.7 Å². The third-order valence-electron chi connectivity index (χ3n) is 5.62. The molecule has 1 aliphatic heterocycles. The second-order valence-corrected chi connectivity index (χ2v) is 7.74. The number of aromatic nitrogens is 4. The third kappa shape index (κ3) is 3.93. The molecular formula is C21H24N6O2. The van der Waals surface area contributed by atoms with E-state index in [4.69, 9.17) is 4.74 Å². The SMILES string of the molecule is OC1CN(c2cc(OC3CCC(Nc4ncccn4)CC3)c3nccnc3c2)C1. The maximum atomic E-state index is 9.64. The second-order valence-electron chi connectivity index (χ2n) is 7.74. The summed E-state index contributed by atoms with van der Waals surface area (Å²) < 4.78 is 6.40. The quantitative estimate of drug-likeness (QED) is 0.683. The molecular weight excluding hydrogens is 368 g/mol. The Bertz CT molecular complexity index is 971. The number of nitrogens with zero attached hydrogens (tertiary/aromatic N) is 5. The van der Waals surface area contributed by atoms with Crippen LogP contribution in [0.25, 0.3) is 11.0 Å². The van der Waals surface area contributed by atoms with Crippen molar-refractivity contribution < 1.29 is 9.84 Å². The van der Waals surface area contributed by atoms with Crippen LogP contribution in [-0.4, -0.2) is 56.4 Å². The Labute approximate surface area is 169 Å². The number of nitrogens with one attached hydrogen (secondary N) is 1. The van der Waals surface area contributed by atoms with E-state index in [2.05, 4.69) is 30.2 Å². The summed E-state index contributed by atoms with van der Waals surface area (Å²) in [6, 6.07) is 6.23. The minimum Gasteiger partial charge on any atom is -0.488 e. The van der Waals surface area contributed by atoms with Gasteiger partial charge in [-0.25, -0.2) is 15.0 Å². The van der Waals surface area contributed by atoms with Crippen molar-refractivity contribution in [3.63, 3.8) is 0 Å². The first-order chi connectivity index (χ1) is 14.2. The lowest BCUT2D eigenvalue weighted by Crippen LogP contribution is -2.50. The normalized spacial score (nSPS) is 22.3. The summed E-state index contributed by atoms with van der Waals surface area (Å²) in [5.74, 6) is 1.46. The lowest BCUT2D eigenvalue weighted by atomic mass is 9.93. The van der Waals surface area contributed by atoms with Crippen molar-refractivity contribution in [3.8, 4) is 5.75 Å². The summed E-state index contributed by atoms with van der Waals surface area (Å²) >= 11 is 0. The molecule has 29 heavy (non-hydrogen) atoms. The van der Waals surface area contributed by atoms with E-state index in [1.807, 2.05) is 18.2 Å². The van der Waals surface area contributed by atoms with Crippen LogP contribution < -0.4 is 15.0 Å². The summed E-state index contributed by atoms with van der Waals surface area (Å²) in [6.45, 7) is 1.28. The number of aliphatic hydroxyl groups is 1. The van der Waals surface area contributed by atoms with Gasteiger partial charge < -0.3 is 20.1 Å². The van der Waals surface area contributed by atoms with Crippen LogP contribution >= 0.6 is 0 Å². The number of aliphatic hydroxyl groups excluding tert-OH is 1. The number of hydrogen-bond acceptors (Lipinski definition) is 8. The van der Waals surface area contributed by atoms with Crippen LogP contribution in [0.2, 0.25) is 0 Å². The van der Waals surface area contributed by atoms with Gasteiger partial charge in [-0.05, 0) is 37.8 Å². The van der Waals surface area contributed by atoms with E-state index >= 15 is 0 Å². The Balaban J connectivity index is 1.28. The maximum absolute atomic E-state index is 9.64. The largest absolute Gasteiger partial charge is 0.488 e. The zero-order valence-corrected chi connectivity index (χ0v) is 16.1. The lowest BCUT2D eigenvalue weighted by Gasteiger charge is -2.38. The molecule has 8 nitrogen and oxygen atoms in total. The Kier molecular flexibility index (Phi) is 4.85. The maximum Gasteiger partial charge on any atom is 0.222 e. The molecule has 1 aromatic carbocycles. The highest BCUT2D eigenvalue weighted by atomic mass is 16.5. The Morgan fingerprint density at radius 1 is 0.931 bits per heavy atom. The minimum atomic E-state index is -0.256. The van der Waals surface area contributed by atoms with Gasteiger partial charge in [-0.2, -0.15) is 0 Å². The Morgan fingerprint density at radius 3 is 2.45 bits per heavy atom. The van der Waals surface area contributed by atoms with Crippen molar-refractivity contribution in [2.45, 2.75) is 43.9 Å². The van der Waals surface area contributed by atoms with Crippen LogP contribution in [0.1, 0.15) is 25.7 Å². The first-order valence-corrected chi connectivity index (χ1v) is 10.1. The van der Waals surface area contributed by atoms with Crippen LogP contribution in [0.3, 0.4) is 0 Å². The van der Waals surface area contributed by atoms with Crippen LogP contribution in [0, 0.1) is 0 Å². The molecule has 150 valence electrons. The highest BCUT2D eigenvalue weighted by Gasteiger charge is 2.27. The van der Waals surface area contributed by atoms with E-state index in [1.165, 1.54) is 0 Å². The van der Waals surface area contributed by atoms with Gasteiger partial charge in [-0.15, -0.1) is 0 Å². The number of ether oxygens (including phenoxy) is 1. The molecule has 0 bridgehead atoms. The Morgan fingerprint density at radius 2 is 1.69 bits per heavy atom. The predicted octanol–water partition coefficient (Wildman–Crippen LogP) is 2.40. The molecule has 2 fully saturated rings. The molecule has 2 N–H and O–H groups in total. The van der Waals surface area contributed by atoms with Crippen LogP contribution in [0.5, 0.6) is 5.75 Å². The van der Waals surface area contributed by atoms with Crippen LogP contribution in [0.15, 0.2) is 43.0 Å². The molecule has 0 radical (unpaired) electrons. The van der Waals surface area contributed by atoms with Crippen LogP contribution in [-0.2, 0) is 0 Å². The minimum absolute atomic E-state index is 0.146. The molecule has 0 unspecified atom stereocenters. The van der Waals surface area contributed by atoms with Gasteiger partial charge in [-0.3, -0.25) is 4.98 Å². The number of hydrogen-bond donors (Lipinski definition) is 2. The summed E-state index contributed by atoms with van der Waals surface area (Å²) in [6.07, 6.45) is 10.7. The monoisotopic (exact) mass is 392 g/mol. The average Bonchev–Trinajstić information content (AvgIpc) is 2.73. The summed E-state index contributed by atoms with van der Waals surface area (Å²) in [5, 5.41) is 13.0. The van der Waals surface area contributed by atoms with Gasteiger partial charge in [0.25, 0.3) is 0 Å². The number of anilines is 2. The second kappa shape index (κ2) is 7.79. The van der Waals surface area contributed by atoms with Gasteiger partial charge in [-0.1, -0.05) is 0 Å². The molecule has 1 saturated carbocycles. The van der Waals surface area contributed by atoms with Crippen molar-refractivity contribution in [2.24, 2.45) is 0 Å². The fraction of sp³-hybridized carbons (Fsp3) is 0.429. The predicted molar refractivity (Wildman–Crippen MR) is 110 cm³/mol. The number of β-amino-alcohol motifs (C(OH)–C–C–N with tert-alkyl or cyclic N) is 1. The van der Waals surface area contributed by atoms with Crippen LogP contribution in [0.4, 0.5) is 11.6 Å². The van der Waals surface area contributed by atoms with Gasteiger partial charge >= 0.3 is 0 Å². The van der Waals surface area contributed by atoms with E-state index in [-0.39, 0.29) is 12.2 Å². The topological polar surface area (TPSA) is 96.3 Å². The standard InChI is InChI=1S/C21H24N6O2/c28-16-12-27(13-16)15-10-18-20(23-9-8-22-18)19(11-15)29-17-4-2-14(3-5-17)26-21-24-6-1-7-25-21/h1,6-11,14,16-17,28H,2-5,12-13H2,(H,24,25,26). The zero-order valence-electron chi connectivity index (χ0n) is 16.1. The third-order valence-corrected chi connectivity index (χ3v) is 5.62. The average molecular weight is 392 g/mol. The molecule has 5 rings (SSSR count). The molecule has 0 atom stereocenters. The van der Waals surface area contributed by atoms with Gasteiger partial charge in [0.15, 0.2) is 0 Å². The number of fused-ring (bicyclic) bond motifs is 1. The molecule has 3 heterocycles. The van der Waals surface area contributed by atoms with Crippen molar-refractivity contribution in [3.05, 3.63) is 43.0 Å². The molecule has 0 amide bonds. The zero-order chi connectivity index (χ0) is 19.6. The van der Waals surface area contributed by atoms with E-state index in [0.29, 0.717) is 25.1 Å². The van der Waals surface area contributed by atoms with Gasteiger partial charge in [0.05, 0.1) is 17.7 Å². The van der Waals surface area contributed by atoms with Crippen molar-refractivity contribution in [1.82, 2.24) is 19.9 Å². The van der Waals surface area contributed by atoms with E-state index in [9.17, 15) is 5.11 Å². The first-order valence-electron chi connectivity index (χ1n) is 10.1. The molecule has 3 aromatic rings. The first kappa shape index (κ1) is 18.1. The van der Waals surface area contributed by atoms with Crippen molar-refractivity contribution in [1.29, 1.82) is 0 Å². The van der Waals surface area contributed by atoms with E-state index in [0.717, 1.165) is 48.2 Å².